The highest BCUT2D eigenvalue weighted by atomic mass is 16.4. The Labute approximate surface area is 190 Å². The number of carboxylic acids is 2. The van der Waals surface area contributed by atoms with E-state index in [1.807, 2.05) is 37.3 Å². The summed E-state index contributed by atoms with van der Waals surface area (Å²) in [4.78, 5) is 23.5. The second-order valence-electron chi connectivity index (χ2n) is 9.27. The zero-order valence-electron chi connectivity index (χ0n) is 19.4. The van der Waals surface area contributed by atoms with Gasteiger partial charge in [0.15, 0.2) is 0 Å². The molecular formula is C26H36N2O4. The summed E-state index contributed by atoms with van der Waals surface area (Å²) in [6.07, 6.45) is 5.52. The van der Waals surface area contributed by atoms with Crippen molar-refractivity contribution in [3.63, 3.8) is 0 Å². The molecular weight excluding hydrogens is 404 g/mol. The highest BCUT2D eigenvalue weighted by molar-refractivity contribution is 6.04. The molecule has 32 heavy (non-hydrogen) atoms. The molecule has 1 aliphatic rings. The zero-order chi connectivity index (χ0) is 23.9. The standard InChI is InChI=1S/C20H20O4.C6H16N2/c1-19(2)11-20(3,12-7-5-4-6-8-12)16-14(19)10-9-13(17(21)22)15(16)18(23)24;7-5-3-1-2-4-6-8/h4-10H,11H2,1-3H3,(H,21,22)(H,23,24);1-8H2. The molecule has 1 aliphatic carbocycles. The first kappa shape index (κ1) is 25.6. The Morgan fingerprint density at radius 2 is 1.41 bits per heavy atom. The summed E-state index contributed by atoms with van der Waals surface area (Å²) in [5.41, 5.74) is 12.1. The van der Waals surface area contributed by atoms with Crippen molar-refractivity contribution in [1.82, 2.24) is 0 Å². The van der Waals surface area contributed by atoms with Crippen LogP contribution in [-0.4, -0.2) is 35.2 Å². The summed E-state index contributed by atoms with van der Waals surface area (Å²) < 4.78 is 0. The van der Waals surface area contributed by atoms with Crippen molar-refractivity contribution in [3.8, 4) is 0 Å². The van der Waals surface area contributed by atoms with Gasteiger partial charge in [-0.3, -0.25) is 0 Å². The molecule has 0 bridgehead atoms. The van der Waals surface area contributed by atoms with Crippen LogP contribution < -0.4 is 11.5 Å². The third-order valence-electron chi connectivity index (χ3n) is 6.30. The van der Waals surface area contributed by atoms with Gasteiger partial charge in [-0.05, 0) is 60.5 Å². The minimum atomic E-state index is -1.21. The maximum Gasteiger partial charge on any atom is 0.336 e. The zero-order valence-corrected chi connectivity index (χ0v) is 19.4. The van der Waals surface area contributed by atoms with Crippen LogP contribution in [0.3, 0.4) is 0 Å². The van der Waals surface area contributed by atoms with E-state index in [1.165, 1.54) is 18.9 Å². The number of fused-ring (bicyclic) bond motifs is 1. The van der Waals surface area contributed by atoms with Gasteiger partial charge in [0.1, 0.15) is 0 Å². The molecule has 1 atom stereocenters. The molecule has 3 rings (SSSR count). The third-order valence-corrected chi connectivity index (χ3v) is 6.30. The van der Waals surface area contributed by atoms with Gasteiger partial charge in [-0.15, -0.1) is 0 Å². The number of carboxylic acid groups (broad SMARTS) is 2. The fourth-order valence-electron chi connectivity index (χ4n) is 4.90. The van der Waals surface area contributed by atoms with Gasteiger partial charge >= 0.3 is 11.9 Å². The van der Waals surface area contributed by atoms with Gasteiger partial charge in [-0.1, -0.05) is 70.0 Å². The number of benzene rings is 2. The fraction of sp³-hybridized carbons (Fsp3) is 0.462. The SMILES string of the molecule is CC1(C)CC(C)(c2ccccc2)c2c1ccc(C(=O)O)c2C(=O)O.NCCCCCCN. The number of aromatic carboxylic acids is 2. The molecule has 1 unspecified atom stereocenters. The molecule has 0 aliphatic heterocycles. The molecule has 174 valence electrons. The van der Waals surface area contributed by atoms with Crippen LogP contribution in [0.4, 0.5) is 0 Å². The van der Waals surface area contributed by atoms with Gasteiger partial charge in [0.2, 0.25) is 0 Å². The lowest BCUT2D eigenvalue weighted by Crippen LogP contribution is -2.26. The molecule has 6 nitrogen and oxygen atoms in total. The number of unbranched alkanes of at least 4 members (excludes halogenated alkanes) is 3. The Hall–Kier alpha value is -2.70. The highest BCUT2D eigenvalue weighted by Gasteiger charge is 2.48. The average molecular weight is 441 g/mol. The van der Waals surface area contributed by atoms with E-state index in [4.69, 9.17) is 11.5 Å². The Bertz CT molecular complexity index is 934. The molecule has 0 aromatic heterocycles. The van der Waals surface area contributed by atoms with E-state index in [0.717, 1.165) is 43.5 Å². The Kier molecular flexibility index (Phi) is 8.58. The van der Waals surface area contributed by atoms with Crippen molar-refractivity contribution < 1.29 is 19.8 Å². The number of carbonyl (C=O) groups is 2. The smallest absolute Gasteiger partial charge is 0.336 e. The highest BCUT2D eigenvalue weighted by Crippen LogP contribution is 2.54. The van der Waals surface area contributed by atoms with Crippen molar-refractivity contribution in [3.05, 3.63) is 70.3 Å². The quantitative estimate of drug-likeness (QED) is 0.447. The van der Waals surface area contributed by atoms with Crippen LogP contribution in [0.2, 0.25) is 0 Å². The lowest BCUT2D eigenvalue weighted by atomic mass is 9.73. The van der Waals surface area contributed by atoms with Crippen molar-refractivity contribution in [1.29, 1.82) is 0 Å². The maximum absolute atomic E-state index is 12.0. The summed E-state index contributed by atoms with van der Waals surface area (Å²) in [6, 6.07) is 12.9. The molecule has 6 heteroatoms. The maximum atomic E-state index is 12.0. The largest absolute Gasteiger partial charge is 0.478 e. The normalized spacial score (nSPS) is 18.4. The van der Waals surface area contributed by atoms with Crippen LogP contribution in [0.25, 0.3) is 0 Å². The van der Waals surface area contributed by atoms with E-state index in [0.29, 0.717) is 5.56 Å². The Morgan fingerprint density at radius 1 is 0.844 bits per heavy atom. The first-order chi connectivity index (χ1) is 15.1. The number of hydrogen-bond donors (Lipinski definition) is 4. The summed E-state index contributed by atoms with van der Waals surface area (Å²) in [7, 11) is 0. The first-order valence-electron chi connectivity index (χ1n) is 11.2. The van der Waals surface area contributed by atoms with E-state index in [-0.39, 0.29) is 16.5 Å². The number of nitrogens with two attached hydrogens (primary N) is 2. The van der Waals surface area contributed by atoms with Crippen molar-refractivity contribution >= 4 is 11.9 Å². The summed E-state index contributed by atoms with van der Waals surface area (Å²) >= 11 is 0. The molecule has 2 aromatic carbocycles. The van der Waals surface area contributed by atoms with Crippen LogP contribution in [-0.2, 0) is 10.8 Å². The topological polar surface area (TPSA) is 127 Å². The van der Waals surface area contributed by atoms with Gasteiger partial charge in [-0.25, -0.2) is 9.59 Å². The predicted molar refractivity (Wildman–Crippen MR) is 127 cm³/mol. The molecule has 0 amide bonds. The molecule has 0 radical (unpaired) electrons. The van der Waals surface area contributed by atoms with E-state index in [1.54, 1.807) is 6.07 Å². The van der Waals surface area contributed by atoms with Crippen molar-refractivity contribution in [2.24, 2.45) is 11.5 Å². The molecule has 0 fully saturated rings. The van der Waals surface area contributed by atoms with Gasteiger partial charge in [0, 0.05) is 5.41 Å². The van der Waals surface area contributed by atoms with Crippen LogP contribution >= 0.6 is 0 Å². The summed E-state index contributed by atoms with van der Waals surface area (Å²) in [5, 5.41) is 19.2. The van der Waals surface area contributed by atoms with Crippen LogP contribution in [0.5, 0.6) is 0 Å². The minimum Gasteiger partial charge on any atom is -0.478 e. The lowest BCUT2D eigenvalue weighted by molar-refractivity contribution is 0.0649. The second kappa shape index (κ2) is 10.7. The van der Waals surface area contributed by atoms with Crippen molar-refractivity contribution in [2.75, 3.05) is 13.1 Å². The minimum absolute atomic E-state index is 0.0862. The van der Waals surface area contributed by atoms with Crippen LogP contribution in [0.15, 0.2) is 42.5 Å². The van der Waals surface area contributed by atoms with Gasteiger partial charge in [0.05, 0.1) is 11.1 Å². The van der Waals surface area contributed by atoms with E-state index in [2.05, 4.69) is 13.8 Å². The fourth-order valence-corrected chi connectivity index (χ4v) is 4.90. The van der Waals surface area contributed by atoms with Gasteiger partial charge in [-0.2, -0.15) is 0 Å². The number of rotatable bonds is 8. The monoisotopic (exact) mass is 440 g/mol. The average Bonchev–Trinajstić information content (AvgIpc) is 2.98. The van der Waals surface area contributed by atoms with Crippen LogP contribution in [0.1, 0.15) is 90.3 Å². The van der Waals surface area contributed by atoms with Gasteiger partial charge < -0.3 is 21.7 Å². The van der Waals surface area contributed by atoms with E-state index < -0.39 is 17.4 Å². The predicted octanol–water partition coefficient (Wildman–Crippen LogP) is 4.53. The molecule has 6 N–H and O–H groups in total. The first-order valence-corrected chi connectivity index (χ1v) is 11.2. The third kappa shape index (κ3) is 5.37. The van der Waals surface area contributed by atoms with Crippen LogP contribution in [0, 0.1) is 0 Å². The Morgan fingerprint density at radius 3 is 1.88 bits per heavy atom. The van der Waals surface area contributed by atoms with E-state index >= 15 is 0 Å². The number of hydrogen-bond acceptors (Lipinski definition) is 4. The van der Waals surface area contributed by atoms with Crippen molar-refractivity contribution in [2.45, 2.75) is 63.7 Å². The second-order valence-corrected chi connectivity index (χ2v) is 9.27. The molecule has 2 aromatic rings. The summed E-state index contributed by atoms with van der Waals surface area (Å²) in [6.45, 7) is 7.81. The molecule has 0 saturated carbocycles. The molecule has 0 heterocycles. The summed E-state index contributed by atoms with van der Waals surface area (Å²) in [5.74, 6) is -2.40. The lowest BCUT2D eigenvalue weighted by Gasteiger charge is -2.29. The molecule has 0 spiro atoms. The molecule has 0 saturated heterocycles. The van der Waals surface area contributed by atoms with Gasteiger partial charge in [0.25, 0.3) is 0 Å². The van der Waals surface area contributed by atoms with E-state index in [9.17, 15) is 19.8 Å². The Balaban J connectivity index is 0.000000390.